The molecular formula is C111H127F2N2O5ScSi-. The number of benzene rings is 12. The fourth-order valence-corrected chi connectivity index (χ4v) is 20.0. The van der Waals surface area contributed by atoms with E-state index in [1.807, 2.05) is 12.1 Å². The van der Waals surface area contributed by atoms with Crippen molar-refractivity contribution in [2.75, 3.05) is 26.4 Å². The topological polar surface area (TPSA) is 78.0 Å². The number of aromatic hydroxyl groups is 2. The maximum absolute atomic E-state index is 16.4. The minimum Gasteiger partial charge on any atom is -0.505 e. The first-order valence-electron chi connectivity index (χ1n) is 43.4. The Morgan fingerprint density at radius 2 is 0.631 bits per heavy atom. The van der Waals surface area contributed by atoms with E-state index in [9.17, 15) is 10.2 Å². The maximum Gasteiger partial charge on any atom is 0.147 e. The molecular weight excluding hydrogens is 1550 g/mol. The Balaban J connectivity index is 0.00000116. The van der Waals surface area contributed by atoms with Crippen LogP contribution >= 0.6 is 0 Å². The van der Waals surface area contributed by atoms with Crippen molar-refractivity contribution in [3.8, 4) is 101 Å². The van der Waals surface area contributed by atoms with Gasteiger partial charge in [0.1, 0.15) is 34.6 Å². The SMILES string of the molecule is C1CCOC1.Cc1cc(C)c(-c2ccc3c4ccc(-c5c(C)cc(C)cc5C)cc4n(-c4cc(C(C)(C)CC(C)(C)C)cc(-c5cc(F)ccc5OCCCOc5ccc(F)cc5-c5cc(C(C)(C)CC(C)(C)C)cc(-n6c7cc(-c8c(C)cc(C)cc8C)ccc7c7ccc(-c8c(C)cc(C)cc8C)cc76)c5O)c4O)c3c2)c(C)c1.[CH2-][Si](C)(C)C.[Sc]. The van der Waals surface area contributed by atoms with E-state index in [0.29, 0.717) is 51.5 Å². The van der Waals surface area contributed by atoms with E-state index in [2.05, 4.69) is 321 Å². The largest absolute Gasteiger partial charge is 0.505 e. The molecule has 2 N–H and O–H groups in total. The van der Waals surface area contributed by atoms with Crippen LogP contribution in [0.3, 0.4) is 0 Å². The third kappa shape index (κ3) is 19.9. The molecule has 2 aromatic heterocycles. The summed E-state index contributed by atoms with van der Waals surface area (Å²) >= 11 is 0. The molecule has 0 atom stereocenters. The van der Waals surface area contributed by atoms with E-state index in [1.54, 1.807) is 12.1 Å². The quantitative estimate of drug-likeness (QED) is 0.0508. The van der Waals surface area contributed by atoms with Gasteiger partial charge in [0.15, 0.2) is 0 Å². The van der Waals surface area contributed by atoms with Gasteiger partial charge in [-0.3, -0.25) is 0 Å². The van der Waals surface area contributed by atoms with Gasteiger partial charge in [-0.2, -0.15) is 0 Å². The molecule has 7 nitrogen and oxygen atoms in total. The molecule has 11 heteroatoms. The van der Waals surface area contributed by atoms with Gasteiger partial charge in [0.25, 0.3) is 0 Å². The minimum atomic E-state index is -0.861. The van der Waals surface area contributed by atoms with Crippen LogP contribution in [0.25, 0.3) is 122 Å². The Labute approximate surface area is 745 Å². The zero-order chi connectivity index (χ0) is 87.6. The predicted molar refractivity (Wildman–Crippen MR) is 513 cm³/mol. The van der Waals surface area contributed by atoms with Crippen LogP contribution in [0.4, 0.5) is 8.78 Å². The molecule has 0 saturated carbocycles. The number of aromatic nitrogens is 2. The molecule has 12 aromatic carbocycles. The summed E-state index contributed by atoms with van der Waals surface area (Å²) in [5, 5.41) is 31.2. The van der Waals surface area contributed by atoms with Gasteiger partial charge in [-0.1, -0.05) is 208 Å². The standard InChI is InChI=1S/C103H108F2N2O4.C4H8O.C4H11Si.Sc/c1-58-38-62(5)94(63(6)39-58)70-24-30-78-79-31-25-71(95-64(7)40-59(2)41-65(95)8)47-87(79)106(86(78)46-70)90-52-74(102(19,20)56-100(13,14)15)50-84(98(90)108)82-54-76(104)28-34-92(82)110-36-23-37-111-93-35-29-77(105)55-83(93)85-51-75(103(21,22)57-101(16,17)18)53-91(99(85)109)107-88-48-72(96-66(9)42-60(3)43-67(96)10)26-32-80(88)81-33-27-73(49-89(81)107)97-68(11)44-61(4)45-69(97)12;1-2-4-5-3-1;1-5(2,3)4;/h24-35,38-55,108-109H,23,36-37,56-57H2,1-22H3;1-4H2;1H2,2-4H3;/q;;-1;. The first-order valence-corrected chi connectivity index (χ1v) is 47.1. The van der Waals surface area contributed by atoms with E-state index in [-0.39, 0.29) is 61.4 Å². The number of rotatable bonds is 18. The smallest absolute Gasteiger partial charge is 0.147 e. The van der Waals surface area contributed by atoms with Crippen molar-refractivity contribution in [3.63, 3.8) is 0 Å². The average Bonchev–Trinajstić information content (AvgIpc) is 1.56. The van der Waals surface area contributed by atoms with Crippen LogP contribution < -0.4 is 9.47 Å². The predicted octanol–water partition coefficient (Wildman–Crippen LogP) is 31.0. The first kappa shape index (κ1) is 91.6. The summed E-state index contributed by atoms with van der Waals surface area (Å²) in [4.78, 5) is 0. The Morgan fingerprint density at radius 1 is 0.369 bits per heavy atom. The van der Waals surface area contributed by atoms with E-state index < -0.39 is 30.5 Å². The summed E-state index contributed by atoms with van der Waals surface area (Å²) in [7, 11) is -0.861. The van der Waals surface area contributed by atoms with Gasteiger partial charge in [0.2, 0.25) is 0 Å². The van der Waals surface area contributed by atoms with Crippen LogP contribution in [-0.2, 0) is 41.4 Å². The molecule has 0 amide bonds. The molecule has 1 saturated heterocycles. The Hall–Kier alpha value is -9.65. The van der Waals surface area contributed by atoms with Crippen LogP contribution in [0.2, 0.25) is 19.6 Å². The number of halogens is 2. The zero-order valence-corrected chi connectivity index (χ0v) is 80.0. The number of fused-ring (bicyclic) bond motifs is 6. The van der Waals surface area contributed by atoms with Crippen molar-refractivity contribution in [1.82, 2.24) is 9.13 Å². The van der Waals surface area contributed by atoms with Crippen molar-refractivity contribution in [2.45, 2.75) is 215 Å². The van der Waals surface area contributed by atoms with Crippen molar-refractivity contribution < 1.29 is 59.0 Å². The number of hydrogen-bond acceptors (Lipinski definition) is 5. The molecule has 0 bridgehead atoms. The zero-order valence-electron chi connectivity index (χ0n) is 77.2. The fraction of sp³-hybridized carbons (Fsp3) is 0.342. The minimum absolute atomic E-state index is 0. The Kier molecular flexibility index (Phi) is 26.9. The van der Waals surface area contributed by atoms with Crippen LogP contribution in [0.15, 0.2) is 182 Å². The number of phenols is 2. The number of ether oxygens (including phenoxy) is 3. The molecule has 1 fully saturated rings. The summed E-state index contributed by atoms with van der Waals surface area (Å²) < 4.78 is 55.8. The third-order valence-corrected chi connectivity index (χ3v) is 23.7. The third-order valence-electron chi connectivity index (χ3n) is 23.7. The van der Waals surface area contributed by atoms with Crippen LogP contribution in [0.5, 0.6) is 23.0 Å². The molecule has 0 spiro atoms. The Bertz CT molecular complexity index is 5620. The average molecular weight is 1680 g/mol. The van der Waals surface area contributed by atoms with Gasteiger partial charge in [0, 0.05) is 89.3 Å². The first-order chi connectivity index (χ1) is 56.8. The molecule has 1 aliphatic rings. The number of phenolic OH excluding ortho intramolecular Hbond substituents is 2. The fourth-order valence-electron chi connectivity index (χ4n) is 20.0. The second kappa shape index (κ2) is 35.9. The summed E-state index contributed by atoms with van der Waals surface area (Å²) in [6.07, 6.45) is 4.52. The van der Waals surface area contributed by atoms with Gasteiger partial charge in [-0.05, 0) is 315 Å². The summed E-state index contributed by atoms with van der Waals surface area (Å²) in [6, 6.07) is 62.2. The Morgan fingerprint density at radius 3 is 0.869 bits per heavy atom. The summed E-state index contributed by atoms with van der Waals surface area (Å²) in [5.41, 5.74) is 30.7. The van der Waals surface area contributed by atoms with Gasteiger partial charge < -0.3 is 40.1 Å². The van der Waals surface area contributed by atoms with Gasteiger partial charge >= 0.3 is 0 Å². The van der Waals surface area contributed by atoms with Crippen molar-refractivity contribution in [2.24, 2.45) is 10.8 Å². The van der Waals surface area contributed by atoms with Crippen molar-refractivity contribution in [3.05, 3.63) is 278 Å². The molecule has 633 valence electrons. The second-order valence-electron chi connectivity index (χ2n) is 39.9. The van der Waals surface area contributed by atoms with Crippen LogP contribution in [0.1, 0.15) is 179 Å². The summed E-state index contributed by atoms with van der Waals surface area (Å²) in [5.74, 6) is -0.215. The molecule has 122 heavy (non-hydrogen) atoms. The monoisotopic (exact) mass is 1680 g/mol. The number of nitrogens with zero attached hydrogens (tertiary/aromatic N) is 2. The number of hydrogen-bond donors (Lipinski definition) is 2. The van der Waals surface area contributed by atoms with Crippen LogP contribution in [0, 0.1) is 112 Å². The maximum atomic E-state index is 16.4. The molecule has 15 rings (SSSR count). The second-order valence-corrected chi connectivity index (χ2v) is 45.1. The molecule has 0 aliphatic carbocycles. The molecule has 0 unspecified atom stereocenters. The summed E-state index contributed by atoms with van der Waals surface area (Å²) in [6.45, 7) is 61.3. The van der Waals surface area contributed by atoms with Gasteiger partial charge in [-0.25, -0.2) is 8.78 Å². The molecule has 3 heterocycles. The van der Waals surface area contributed by atoms with Crippen molar-refractivity contribution >= 4 is 51.7 Å². The van der Waals surface area contributed by atoms with E-state index in [4.69, 9.17) is 14.2 Å². The normalized spacial score (nSPS) is 12.8. The van der Waals surface area contributed by atoms with E-state index >= 15 is 8.78 Å². The van der Waals surface area contributed by atoms with Gasteiger partial charge in [-0.15, -0.1) is 8.07 Å². The van der Waals surface area contributed by atoms with E-state index in [0.717, 1.165) is 103 Å². The van der Waals surface area contributed by atoms with Crippen LogP contribution in [-0.4, -0.2) is 53.8 Å². The number of aryl methyl sites for hydroxylation is 12. The van der Waals surface area contributed by atoms with Gasteiger partial charge in [0.05, 0.1) is 46.7 Å². The molecule has 1 aliphatic heterocycles. The van der Waals surface area contributed by atoms with E-state index in [1.165, 1.54) is 126 Å². The molecule has 14 aromatic rings. The van der Waals surface area contributed by atoms with Crippen molar-refractivity contribution in [1.29, 1.82) is 0 Å². The molecule has 1 radical (unpaired) electrons.